The molecule has 1 aliphatic carbocycles. The number of Topliss-reactive ketones (excluding diaryl/α,β-unsaturated/α-hetero) is 1. The molecule has 0 aliphatic heterocycles. The van der Waals surface area contributed by atoms with Crippen molar-refractivity contribution in [2.45, 2.75) is 39.7 Å². The number of hydrogen-bond acceptors (Lipinski definition) is 3. The van der Waals surface area contributed by atoms with Crippen molar-refractivity contribution >= 4 is 16.7 Å². The molecule has 104 valence electrons. The average molecular weight is 269 g/mol. The zero-order chi connectivity index (χ0) is 14.3. The topological polar surface area (TPSA) is 39.2 Å². The molecule has 3 heteroatoms. The largest absolute Gasteiger partial charge is 0.487 e. The van der Waals surface area contributed by atoms with Gasteiger partial charge in [0.05, 0.1) is 5.41 Å². The summed E-state index contributed by atoms with van der Waals surface area (Å²) < 4.78 is 6.11. The van der Waals surface area contributed by atoms with Gasteiger partial charge in [-0.05, 0) is 32.4 Å². The minimum atomic E-state index is -0.341. The molecule has 0 radical (unpaired) electrons. The summed E-state index contributed by atoms with van der Waals surface area (Å²) in [5.41, 5.74) is 1.51. The number of hydrogen-bond donors (Lipinski definition) is 0. The number of para-hydroxylation sites is 1. The highest BCUT2D eigenvalue weighted by Gasteiger charge is 2.51. The molecule has 0 spiro atoms. The van der Waals surface area contributed by atoms with Crippen LogP contribution < -0.4 is 4.74 Å². The third-order valence-electron chi connectivity index (χ3n) is 4.54. The number of carbonyl (C=O) groups is 1. The van der Waals surface area contributed by atoms with Crippen molar-refractivity contribution in [3.8, 4) is 5.75 Å². The molecule has 2 atom stereocenters. The Morgan fingerprint density at radius 1 is 1.35 bits per heavy atom. The number of carbonyl (C=O) groups excluding carboxylic acids is 1. The minimum Gasteiger partial charge on any atom is -0.487 e. The molecule has 1 heterocycles. The highest BCUT2D eigenvalue weighted by atomic mass is 16.5. The lowest BCUT2D eigenvalue weighted by molar-refractivity contribution is -0.150. The van der Waals surface area contributed by atoms with Gasteiger partial charge in [0.2, 0.25) is 0 Å². The SMILES string of the molecule is CCC1(C)C(=O)CC1Oc1cccc2ccc(C)nc12. The zero-order valence-electron chi connectivity index (χ0n) is 12.1. The van der Waals surface area contributed by atoms with Gasteiger partial charge in [-0.2, -0.15) is 0 Å². The first kappa shape index (κ1) is 13.1. The monoisotopic (exact) mass is 269 g/mol. The van der Waals surface area contributed by atoms with Crippen molar-refractivity contribution in [2.75, 3.05) is 0 Å². The Morgan fingerprint density at radius 2 is 2.15 bits per heavy atom. The Hall–Kier alpha value is -1.90. The number of rotatable bonds is 3. The van der Waals surface area contributed by atoms with Crippen molar-refractivity contribution in [1.82, 2.24) is 4.98 Å². The summed E-state index contributed by atoms with van der Waals surface area (Å²) in [6, 6.07) is 9.98. The van der Waals surface area contributed by atoms with Crippen molar-refractivity contribution in [1.29, 1.82) is 0 Å². The van der Waals surface area contributed by atoms with E-state index in [1.54, 1.807) is 0 Å². The highest BCUT2D eigenvalue weighted by Crippen LogP contribution is 2.43. The van der Waals surface area contributed by atoms with E-state index in [1.807, 2.05) is 45.0 Å². The van der Waals surface area contributed by atoms with E-state index in [2.05, 4.69) is 11.1 Å². The van der Waals surface area contributed by atoms with Crippen molar-refractivity contribution in [2.24, 2.45) is 5.41 Å². The zero-order valence-corrected chi connectivity index (χ0v) is 12.1. The average Bonchev–Trinajstić information content (AvgIpc) is 2.46. The van der Waals surface area contributed by atoms with E-state index in [9.17, 15) is 4.79 Å². The quantitative estimate of drug-likeness (QED) is 0.853. The lowest BCUT2D eigenvalue weighted by Crippen LogP contribution is -2.54. The number of nitrogens with zero attached hydrogens (tertiary/aromatic N) is 1. The van der Waals surface area contributed by atoms with E-state index in [4.69, 9.17) is 4.74 Å². The van der Waals surface area contributed by atoms with Gasteiger partial charge in [0.25, 0.3) is 0 Å². The third kappa shape index (κ3) is 1.89. The second-order valence-corrected chi connectivity index (χ2v) is 5.79. The molecular formula is C17H19NO2. The van der Waals surface area contributed by atoms with E-state index >= 15 is 0 Å². The second-order valence-electron chi connectivity index (χ2n) is 5.79. The van der Waals surface area contributed by atoms with Gasteiger partial charge in [0.15, 0.2) is 0 Å². The van der Waals surface area contributed by atoms with Gasteiger partial charge in [0.1, 0.15) is 23.2 Å². The fraction of sp³-hybridized carbons (Fsp3) is 0.412. The summed E-state index contributed by atoms with van der Waals surface area (Å²) in [4.78, 5) is 16.4. The first-order valence-electron chi connectivity index (χ1n) is 7.11. The number of aryl methyl sites for hydroxylation is 1. The van der Waals surface area contributed by atoms with Crippen LogP contribution in [0.1, 0.15) is 32.4 Å². The molecule has 0 amide bonds. The fourth-order valence-electron chi connectivity index (χ4n) is 2.74. The predicted octanol–water partition coefficient (Wildman–Crippen LogP) is 3.68. The Labute approximate surface area is 119 Å². The lowest BCUT2D eigenvalue weighted by Gasteiger charge is -2.44. The Kier molecular flexibility index (Phi) is 3.00. The summed E-state index contributed by atoms with van der Waals surface area (Å²) in [6.45, 7) is 6.01. The maximum atomic E-state index is 11.8. The molecule has 0 saturated heterocycles. The molecule has 2 unspecified atom stereocenters. The molecule has 1 fully saturated rings. The van der Waals surface area contributed by atoms with E-state index in [-0.39, 0.29) is 11.5 Å². The molecule has 1 aliphatic rings. The van der Waals surface area contributed by atoms with Gasteiger partial charge in [-0.15, -0.1) is 0 Å². The predicted molar refractivity (Wildman–Crippen MR) is 78.9 cm³/mol. The second kappa shape index (κ2) is 4.58. The number of fused-ring (bicyclic) bond motifs is 1. The molecule has 3 nitrogen and oxygen atoms in total. The van der Waals surface area contributed by atoms with E-state index in [0.717, 1.165) is 28.8 Å². The Balaban J connectivity index is 1.96. The first-order valence-corrected chi connectivity index (χ1v) is 7.11. The summed E-state index contributed by atoms with van der Waals surface area (Å²) in [7, 11) is 0. The van der Waals surface area contributed by atoms with E-state index < -0.39 is 0 Å². The number of ketones is 1. The van der Waals surface area contributed by atoms with Crippen LogP contribution in [0.4, 0.5) is 0 Å². The molecule has 3 rings (SSSR count). The van der Waals surface area contributed by atoms with Crippen LogP contribution in [0.3, 0.4) is 0 Å². The number of pyridine rings is 1. The molecule has 1 aromatic carbocycles. The molecule has 20 heavy (non-hydrogen) atoms. The van der Waals surface area contributed by atoms with Crippen molar-refractivity contribution < 1.29 is 9.53 Å². The molecule has 1 aromatic heterocycles. The van der Waals surface area contributed by atoms with Gasteiger partial charge < -0.3 is 4.74 Å². The molecule has 0 bridgehead atoms. The Morgan fingerprint density at radius 3 is 2.85 bits per heavy atom. The van der Waals surface area contributed by atoms with Gasteiger partial charge in [-0.3, -0.25) is 4.79 Å². The molecular weight excluding hydrogens is 250 g/mol. The maximum Gasteiger partial charge on any atom is 0.146 e. The van der Waals surface area contributed by atoms with Crippen LogP contribution in [0.25, 0.3) is 10.9 Å². The van der Waals surface area contributed by atoms with Crippen LogP contribution in [0.5, 0.6) is 5.75 Å². The number of benzene rings is 1. The molecule has 1 saturated carbocycles. The first-order chi connectivity index (χ1) is 9.54. The maximum absolute atomic E-state index is 11.8. The summed E-state index contributed by atoms with van der Waals surface area (Å²) in [5, 5.41) is 1.07. The van der Waals surface area contributed by atoms with Gasteiger partial charge in [0, 0.05) is 17.5 Å². The van der Waals surface area contributed by atoms with Crippen LogP contribution in [0, 0.1) is 12.3 Å². The van der Waals surface area contributed by atoms with E-state index in [0.29, 0.717) is 12.2 Å². The van der Waals surface area contributed by atoms with Crippen LogP contribution in [-0.4, -0.2) is 16.9 Å². The normalized spacial score (nSPS) is 25.6. The fourth-order valence-corrected chi connectivity index (χ4v) is 2.74. The summed E-state index contributed by atoms with van der Waals surface area (Å²) in [5.74, 6) is 1.08. The summed E-state index contributed by atoms with van der Waals surface area (Å²) in [6.07, 6.45) is 1.29. The van der Waals surface area contributed by atoms with Gasteiger partial charge in [-0.25, -0.2) is 4.98 Å². The van der Waals surface area contributed by atoms with Crippen molar-refractivity contribution in [3.63, 3.8) is 0 Å². The highest BCUT2D eigenvalue weighted by molar-refractivity contribution is 5.92. The van der Waals surface area contributed by atoms with Crippen molar-refractivity contribution in [3.05, 3.63) is 36.0 Å². The molecule has 0 N–H and O–H groups in total. The number of aromatic nitrogens is 1. The van der Waals surface area contributed by atoms with Gasteiger partial charge >= 0.3 is 0 Å². The molecule has 2 aromatic rings. The Bertz CT molecular complexity index is 680. The number of ether oxygens (including phenoxy) is 1. The standard InChI is InChI=1S/C17H19NO2/c1-4-17(3)14(19)10-15(17)20-13-7-5-6-12-9-8-11(2)18-16(12)13/h5-9,15H,4,10H2,1-3H3. The lowest BCUT2D eigenvalue weighted by atomic mass is 9.64. The van der Waals surface area contributed by atoms with Crippen LogP contribution >= 0.6 is 0 Å². The minimum absolute atomic E-state index is 0.0343. The summed E-state index contributed by atoms with van der Waals surface area (Å²) >= 11 is 0. The van der Waals surface area contributed by atoms with E-state index in [1.165, 1.54) is 0 Å². The van der Waals surface area contributed by atoms with Crippen LogP contribution in [0.15, 0.2) is 30.3 Å². The smallest absolute Gasteiger partial charge is 0.146 e. The van der Waals surface area contributed by atoms with Crippen LogP contribution in [0.2, 0.25) is 0 Å². The van der Waals surface area contributed by atoms with Gasteiger partial charge in [-0.1, -0.05) is 25.1 Å². The third-order valence-corrected chi connectivity index (χ3v) is 4.54. The van der Waals surface area contributed by atoms with Crippen LogP contribution in [-0.2, 0) is 4.79 Å².